The fourth-order valence-electron chi connectivity index (χ4n) is 2.32. The topological polar surface area (TPSA) is 50.4 Å². The summed E-state index contributed by atoms with van der Waals surface area (Å²) in [4.78, 5) is 12.2. The van der Waals surface area contributed by atoms with Crippen molar-refractivity contribution in [1.82, 2.24) is 10.6 Å². The van der Waals surface area contributed by atoms with Gasteiger partial charge in [-0.3, -0.25) is 4.79 Å². The minimum atomic E-state index is -0.476. The number of rotatable bonds is 8. The zero-order valence-electron chi connectivity index (χ0n) is 13.4. The van der Waals surface area contributed by atoms with Crippen LogP contribution in [-0.4, -0.2) is 32.7 Å². The minimum absolute atomic E-state index is 0.149. The van der Waals surface area contributed by atoms with Crippen molar-refractivity contribution in [3.05, 3.63) is 70.5 Å². The molecule has 128 valence electrons. The lowest BCUT2D eigenvalue weighted by atomic mass is 9.98. The molecule has 0 saturated carbocycles. The first-order valence-electron chi connectivity index (χ1n) is 7.60. The number of carbonyl (C=O) groups is 1. The van der Waals surface area contributed by atoms with E-state index >= 15 is 0 Å². The Morgan fingerprint density at radius 1 is 1.21 bits per heavy atom. The van der Waals surface area contributed by atoms with Crippen molar-refractivity contribution in [2.45, 2.75) is 6.04 Å². The first kappa shape index (κ1) is 18.4. The highest BCUT2D eigenvalue weighted by atomic mass is 35.5. The molecule has 2 rings (SSSR count). The molecular weight excluding hydrogens is 331 g/mol. The Bertz CT molecular complexity index is 636. The highest BCUT2D eigenvalue weighted by molar-refractivity contribution is 6.30. The van der Waals surface area contributed by atoms with Crippen LogP contribution in [-0.2, 0) is 9.53 Å². The van der Waals surface area contributed by atoms with Crippen LogP contribution in [0.1, 0.15) is 17.2 Å². The zero-order chi connectivity index (χ0) is 17.4. The summed E-state index contributed by atoms with van der Waals surface area (Å²) in [5, 5.41) is 6.45. The lowest BCUT2D eigenvalue weighted by molar-refractivity contribution is -0.120. The molecule has 4 nitrogen and oxygen atoms in total. The largest absolute Gasteiger partial charge is 0.383 e. The number of nitrogens with one attached hydrogen (secondary N) is 2. The Hall–Kier alpha value is -1.95. The fraction of sp³-hybridized carbons (Fsp3) is 0.278. The Balaban J connectivity index is 2.16. The standard InChI is InChI=1S/C18H20ClFN2O2/c1-24-9-8-21-12-17(23)22-18(13-4-2-6-15(19)10-13)14-5-3-7-16(20)11-14/h2-7,10-11,18,21H,8-9,12H2,1H3,(H,22,23). The van der Waals surface area contributed by atoms with Crippen molar-refractivity contribution in [3.63, 3.8) is 0 Å². The van der Waals surface area contributed by atoms with E-state index < -0.39 is 6.04 Å². The molecule has 1 amide bonds. The summed E-state index contributed by atoms with van der Waals surface area (Å²) in [6.07, 6.45) is 0. The zero-order valence-corrected chi connectivity index (χ0v) is 14.1. The number of halogens is 2. The molecule has 0 heterocycles. The van der Waals surface area contributed by atoms with Crippen LogP contribution >= 0.6 is 11.6 Å². The maximum Gasteiger partial charge on any atom is 0.234 e. The SMILES string of the molecule is COCCNCC(=O)NC(c1cccc(F)c1)c1cccc(Cl)c1. The average Bonchev–Trinajstić information content (AvgIpc) is 2.56. The van der Waals surface area contributed by atoms with E-state index in [1.54, 1.807) is 37.4 Å². The number of carbonyl (C=O) groups excluding carboxylic acids is 1. The van der Waals surface area contributed by atoms with E-state index in [2.05, 4.69) is 10.6 Å². The van der Waals surface area contributed by atoms with Gasteiger partial charge in [-0.25, -0.2) is 4.39 Å². The van der Waals surface area contributed by atoms with Gasteiger partial charge < -0.3 is 15.4 Å². The third-order valence-corrected chi connectivity index (χ3v) is 3.67. The molecule has 0 aliphatic carbocycles. The number of amides is 1. The second kappa shape index (κ2) is 9.37. The predicted octanol–water partition coefficient (Wildman–Crippen LogP) is 2.92. The summed E-state index contributed by atoms with van der Waals surface area (Å²) in [6, 6.07) is 12.8. The van der Waals surface area contributed by atoms with Gasteiger partial charge in [0.2, 0.25) is 5.91 Å². The van der Waals surface area contributed by atoms with E-state index in [9.17, 15) is 9.18 Å². The summed E-state index contributed by atoms with van der Waals surface area (Å²) in [6.45, 7) is 1.25. The van der Waals surface area contributed by atoms with E-state index in [1.165, 1.54) is 12.1 Å². The highest BCUT2D eigenvalue weighted by Crippen LogP contribution is 2.25. The lowest BCUT2D eigenvalue weighted by Gasteiger charge is -2.20. The molecule has 2 N–H and O–H groups in total. The molecule has 24 heavy (non-hydrogen) atoms. The van der Waals surface area contributed by atoms with Crippen molar-refractivity contribution in [3.8, 4) is 0 Å². The summed E-state index contributed by atoms with van der Waals surface area (Å²) in [5.74, 6) is -0.549. The van der Waals surface area contributed by atoms with Crippen molar-refractivity contribution >= 4 is 17.5 Å². The predicted molar refractivity (Wildman–Crippen MR) is 92.6 cm³/mol. The van der Waals surface area contributed by atoms with Gasteiger partial charge in [-0.15, -0.1) is 0 Å². The molecule has 0 aromatic heterocycles. The normalized spacial score (nSPS) is 12.0. The Labute approximate surface area is 146 Å². The number of ether oxygens (including phenoxy) is 1. The second-order valence-corrected chi connectivity index (χ2v) is 5.72. The van der Waals surface area contributed by atoms with Gasteiger partial charge >= 0.3 is 0 Å². The number of benzene rings is 2. The van der Waals surface area contributed by atoms with E-state index in [1.807, 2.05) is 6.07 Å². The van der Waals surface area contributed by atoms with Crippen LogP contribution in [0.15, 0.2) is 48.5 Å². The van der Waals surface area contributed by atoms with Crippen LogP contribution in [0.25, 0.3) is 0 Å². The van der Waals surface area contributed by atoms with Gasteiger partial charge in [-0.05, 0) is 35.4 Å². The summed E-state index contributed by atoms with van der Waals surface area (Å²) >= 11 is 6.05. The van der Waals surface area contributed by atoms with E-state index in [-0.39, 0.29) is 18.3 Å². The molecule has 0 fully saturated rings. The fourth-order valence-corrected chi connectivity index (χ4v) is 2.52. The molecule has 1 unspecified atom stereocenters. The van der Waals surface area contributed by atoms with Crippen LogP contribution in [0.5, 0.6) is 0 Å². The molecular formula is C18H20ClFN2O2. The van der Waals surface area contributed by atoms with Gasteiger partial charge in [0.05, 0.1) is 19.2 Å². The first-order valence-corrected chi connectivity index (χ1v) is 7.98. The molecule has 0 bridgehead atoms. The molecule has 1 atom stereocenters. The van der Waals surface area contributed by atoms with Gasteiger partial charge in [0.15, 0.2) is 0 Å². The maximum absolute atomic E-state index is 13.6. The van der Waals surface area contributed by atoms with E-state index in [4.69, 9.17) is 16.3 Å². The number of hydrogen-bond acceptors (Lipinski definition) is 3. The highest BCUT2D eigenvalue weighted by Gasteiger charge is 2.17. The average molecular weight is 351 g/mol. The molecule has 2 aromatic carbocycles. The molecule has 0 aliphatic heterocycles. The van der Waals surface area contributed by atoms with Gasteiger partial charge in [0.1, 0.15) is 5.82 Å². The molecule has 0 spiro atoms. The Morgan fingerprint density at radius 2 is 1.92 bits per heavy atom. The lowest BCUT2D eigenvalue weighted by Crippen LogP contribution is -2.37. The number of methoxy groups -OCH3 is 1. The molecule has 0 radical (unpaired) electrons. The van der Waals surface area contributed by atoms with Gasteiger partial charge in [0.25, 0.3) is 0 Å². The third-order valence-electron chi connectivity index (χ3n) is 3.44. The summed E-state index contributed by atoms with van der Waals surface area (Å²) in [7, 11) is 1.60. The molecule has 0 saturated heterocycles. The van der Waals surface area contributed by atoms with E-state index in [0.717, 1.165) is 5.56 Å². The summed E-state index contributed by atoms with van der Waals surface area (Å²) < 4.78 is 18.5. The monoisotopic (exact) mass is 350 g/mol. The Morgan fingerprint density at radius 3 is 2.58 bits per heavy atom. The molecule has 6 heteroatoms. The summed E-state index contributed by atoms with van der Waals surface area (Å²) in [5.41, 5.74) is 1.45. The van der Waals surface area contributed by atoms with Crippen molar-refractivity contribution < 1.29 is 13.9 Å². The van der Waals surface area contributed by atoms with Gasteiger partial charge in [0, 0.05) is 18.7 Å². The second-order valence-electron chi connectivity index (χ2n) is 5.28. The Kier molecular flexibility index (Phi) is 7.18. The third kappa shape index (κ3) is 5.60. The smallest absolute Gasteiger partial charge is 0.234 e. The van der Waals surface area contributed by atoms with Crippen LogP contribution < -0.4 is 10.6 Å². The molecule has 0 aliphatic rings. The van der Waals surface area contributed by atoms with Gasteiger partial charge in [-0.1, -0.05) is 35.9 Å². The minimum Gasteiger partial charge on any atom is -0.383 e. The molecule has 2 aromatic rings. The van der Waals surface area contributed by atoms with Crippen molar-refractivity contribution in [1.29, 1.82) is 0 Å². The van der Waals surface area contributed by atoms with Crippen LogP contribution in [0.3, 0.4) is 0 Å². The van der Waals surface area contributed by atoms with Gasteiger partial charge in [-0.2, -0.15) is 0 Å². The quantitative estimate of drug-likeness (QED) is 0.720. The maximum atomic E-state index is 13.6. The van der Waals surface area contributed by atoms with Crippen LogP contribution in [0.2, 0.25) is 5.02 Å². The van der Waals surface area contributed by atoms with Crippen molar-refractivity contribution in [2.75, 3.05) is 26.8 Å². The van der Waals surface area contributed by atoms with Crippen molar-refractivity contribution in [2.24, 2.45) is 0 Å². The first-order chi connectivity index (χ1) is 11.6. The van der Waals surface area contributed by atoms with Crippen LogP contribution in [0.4, 0.5) is 4.39 Å². The van der Waals surface area contributed by atoms with E-state index in [0.29, 0.717) is 23.7 Å². The number of hydrogen-bond donors (Lipinski definition) is 2. The van der Waals surface area contributed by atoms with Crippen LogP contribution in [0, 0.1) is 5.82 Å².